The molecule has 0 bridgehead atoms. The first-order valence-electron chi connectivity index (χ1n) is 7.89. The Labute approximate surface area is 150 Å². The molecule has 0 aliphatic carbocycles. The Morgan fingerprint density at radius 3 is 2.80 bits per heavy atom. The summed E-state index contributed by atoms with van der Waals surface area (Å²) < 4.78 is 10.9. The van der Waals surface area contributed by atoms with Crippen molar-refractivity contribution in [3.63, 3.8) is 0 Å². The predicted octanol–water partition coefficient (Wildman–Crippen LogP) is 2.72. The van der Waals surface area contributed by atoms with Crippen LogP contribution in [0.25, 0.3) is 10.8 Å². The van der Waals surface area contributed by atoms with Crippen molar-refractivity contribution in [1.29, 1.82) is 0 Å². The maximum Gasteiger partial charge on any atom is 0.326 e. The summed E-state index contributed by atoms with van der Waals surface area (Å²) in [6.45, 7) is 5.90. The van der Waals surface area contributed by atoms with Crippen LogP contribution in [0.15, 0.2) is 28.2 Å². The lowest BCUT2D eigenvalue weighted by molar-refractivity contribution is -0.142. The second-order valence-electron chi connectivity index (χ2n) is 6.51. The van der Waals surface area contributed by atoms with E-state index in [2.05, 4.69) is 10.3 Å². The SMILES string of the molecule is CC(C)(C)OCCC(NC(=O)Cc1coc(-c2cccs2)n1)C(=O)O. The Kier molecular flexibility index (Phi) is 6.33. The van der Waals surface area contributed by atoms with Gasteiger partial charge in [-0.15, -0.1) is 11.3 Å². The van der Waals surface area contributed by atoms with Crippen LogP contribution in [0.5, 0.6) is 0 Å². The highest BCUT2D eigenvalue weighted by molar-refractivity contribution is 7.13. The number of carboxylic acid groups (broad SMARTS) is 1. The lowest BCUT2D eigenvalue weighted by Gasteiger charge is -2.21. The minimum Gasteiger partial charge on any atom is -0.480 e. The molecule has 0 aromatic carbocycles. The minimum atomic E-state index is -1.09. The van der Waals surface area contributed by atoms with E-state index in [0.29, 0.717) is 11.6 Å². The number of nitrogens with one attached hydrogen (secondary N) is 1. The third-order valence-electron chi connectivity index (χ3n) is 3.20. The van der Waals surface area contributed by atoms with Crippen LogP contribution in [0.1, 0.15) is 32.9 Å². The first kappa shape index (κ1) is 19.1. The number of carboxylic acids is 1. The van der Waals surface area contributed by atoms with Gasteiger partial charge in [-0.3, -0.25) is 4.79 Å². The summed E-state index contributed by atoms with van der Waals surface area (Å²) in [5.41, 5.74) is 0.0994. The van der Waals surface area contributed by atoms with E-state index in [1.807, 2.05) is 38.3 Å². The summed E-state index contributed by atoms with van der Waals surface area (Å²) in [7, 11) is 0. The molecule has 0 saturated heterocycles. The molecule has 1 unspecified atom stereocenters. The molecule has 2 aromatic rings. The molecule has 0 aliphatic rings. The van der Waals surface area contributed by atoms with Gasteiger partial charge in [0.1, 0.15) is 12.3 Å². The average molecular weight is 366 g/mol. The molecule has 2 rings (SSSR count). The van der Waals surface area contributed by atoms with Gasteiger partial charge in [-0.05, 0) is 32.2 Å². The summed E-state index contributed by atoms with van der Waals surface area (Å²) in [5.74, 6) is -1.06. The summed E-state index contributed by atoms with van der Waals surface area (Å²) in [5, 5.41) is 13.6. The molecule has 136 valence electrons. The van der Waals surface area contributed by atoms with Crippen molar-refractivity contribution in [3.8, 4) is 10.8 Å². The van der Waals surface area contributed by atoms with E-state index in [1.54, 1.807) is 0 Å². The smallest absolute Gasteiger partial charge is 0.326 e. The lowest BCUT2D eigenvalue weighted by Crippen LogP contribution is -2.42. The number of rotatable bonds is 8. The second kappa shape index (κ2) is 8.26. The summed E-state index contributed by atoms with van der Waals surface area (Å²) in [6, 6.07) is 2.75. The van der Waals surface area contributed by atoms with E-state index in [9.17, 15) is 14.7 Å². The van der Waals surface area contributed by atoms with Crippen molar-refractivity contribution in [2.45, 2.75) is 45.3 Å². The third-order valence-corrected chi connectivity index (χ3v) is 4.06. The Bertz CT molecular complexity index is 703. The number of ether oxygens (including phenoxy) is 1. The van der Waals surface area contributed by atoms with Crippen LogP contribution in [-0.2, 0) is 20.7 Å². The molecule has 2 N–H and O–H groups in total. The molecule has 25 heavy (non-hydrogen) atoms. The van der Waals surface area contributed by atoms with E-state index in [-0.39, 0.29) is 25.0 Å². The van der Waals surface area contributed by atoms with Gasteiger partial charge in [-0.2, -0.15) is 0 Å². The van der Waals surface area contributed by atoms with Gasteiger partial charge in [0.2, 0.25) is 11.8 Å². The van der Waals surface area contributed by atoms with Gasteiger partial charge in [-0.25, -0.2) is 9.78 Å². The Balaban J connectivity index is 1.87. The molecule has 8 heteroatoms. The lowest BCUT2D eigenvalue weighted by atomic mass is 10.1. The second-order valence-corrected chi connectivity index (χ2v) is 7.45. The first-order valence-corrected chi connectivity index (χ1v) is 8.77. The molecular formula is C17H22N2O5S. The number of hydrogen-bond donors (Lipinski definition) is 2. The number of amides is 1. The summed E-state index contributed by atoms with van der Waals surface area (Å²) >= 11 is 1.49. The van der Waals surface area contributed by atoms with Crippen LogP contribution in [0, 0.1) is 0 Å². The number of carbonyl (C=O) groups excluding carboxylic acids is 1. The van der Waals surface area contributed by atoms with Crippen molar-refractivity contribution in [3.05, 3.63) is 29.5 Å². The van der Waals surface area contributed by atoms with Crippen molar-refractivity contribution >= 4 is 23.2 Å². The van der Waals surface area contributed by atoms with Gasteiger partial charge >= 0.3 is 5.97 Å². The maximum absolute atomic E-state index is 12.1. The van der Waals surface area contributed by atoms with E-state index >= 15 is 0 Å². The van der Waals surface area contributed by atoms with Crippen molar-refractivity contribution in [1.82, 2.24) is 10.3 Å². The number of thiophene rings is 1. The third kappa shape index (κ3) is 6.32. The Hall–Kier alpha value is -2.19. The summed E-state index contributed by atoms with van der Waals surface area (Å²) in [4.78, 5) is 28.5. The minimum absolute atomic E-state index is 0.0429. The number of hydrogen-bond acceptors (Lipinski definition) is 6. The number of nitrogens with zero attached hydrogens (tertiary/aromatic N) is 1. The average Bonchev–Trinajstić information content (AvgIpc) is 3.15. The molecule has 0 aliphatic heterocycles. The maximum atomic E-state index is 12.1. The molecule has 2 heterocycles. The van der Waals surface area contributed by atoms with Crippen LogP contribution in [0.4, 0.5) is 0 Å². The van der Waals surface area contributed by atoms with Crippen LogP contribution < -0.4 is 5.32 Å². The largest absolute Gasteiger partial charge is 0.480 e. The molecule has 0 saturated carbocycles. The monoisotopic (exact) mass is 366 g/mol. The van der Waals surface area contributed by atoms with Gasteiger partial charge in [0.05, 0.1) is 22.6 Å². The molecule has 0 spiro atoms. The van der Waals surface area contributed by atoms with E-state index in [0.717, 1.165) is 4.88 Å². The molecule has 1 amide bonds. The fraction of sp³-hybridized carbons (Fsp3) is 0.471. The molecule has 7 nitrogen and oxygen atoms in total. The standard InChI is InChI=1S/C17H22N2O5S/c1-17(2,3)24-7-6-12(16(21)22)19-14(20)9-11-10-23-15(18-11)13-5-4-8-25-13/h4-5,8,10,12H,6-7,9H2,1-3H3,(H,19,20)(H,21,22). The fourth-order valence-electron chi connectivity index (χ4n) is 2.05. The highest BCUT2D eigenvalue weighted by atomic mass is 32.1. The van der Waals surface area contributed by atoms with E-state index < -0.39 is 17.9 Å². The topological polar surface area (TPSA) is 102 Å². The quantitative estimate of drug-likeness (QED) is 0.745. The van der Waals surface area contributed by atoms with Crippen molar-refractivity contribution < 1.29 is 23.8 Å². The zero-order chi connectivity index (χ0) is 18.4. The van der Waals surface area contributed by atoms with Gasteiger partial charge < -0.3 is 19.6 Å². The predicted molar refractivity (Wildman–Crippen MR) is 93.4 cm³/mol. The van der Waals surface area contributed by atoms with Crippen LogP contribution in [-0.4, -0.2) is 40.2 Å². The van der Waals surface area contributed by atoms with Gasteiger partial charge in [0.15, 0.2) is 0 Å². The zero-order valence-corrected chi connectivity index (χ0v) is 15.3. The normalized spacial score (nSPS) is 12.8. The van der Waals surface area contributed by atoms with Crippen LogP contribution >= 0.6 is 11.3 Å². The fourth-order valence-corrected chi connectivity index (χ4v) is 2.71. The van der Waals surface area contributed by atoms with Gasteiger partial charge in [-0.1, -0.05) is 6.07 Å². The number of aliphatic carboxylic acids is 1. The highest BCUT2D eigenvalue weighted by Crippen LogP contribution is 2.23. The summed E-state index contributed by atoms with van der Waals surface area (Å²) in [6.07, 6.45) is 1.56. The van der Waals surface area contributed by atoms with Gasteiger partial charge in [0.25, 0.3) is 0 Å². The molecule has 0 fully saturated rings. The highest BCUT2D eigenvalue weighted by Gasteiger charge is 2.22. The van der Waals surface area contributed by atoms with E-state index in [1.165, 1.54) is 17.6 Å². The Morgan fingerprint density at radius 1 is 1.44 bits per heavy atom. The van der Waals surface area contributed by atoms with Crippen LogP contribution in [0.3, 0.4) is 0 Å². The molecule has 0 radical (unpaired) electrons. The molecule has 1 atom stereocenters. The first-order chi connectivity index (χ1) is 11.7. The van der Waals surface area contributed by atoms with E-state index in [4.69, 9.17) is 9.15 Å². The van der Waals surface area contributed by atoms with Gasteiger partial charge in [0, 0.05) is 13.0 Å². The zero-order valence-electron chi connectivity index (χ0n) is 14.4. The molecular weight excluding hydrogens is 344 g/mol. The number of carbonyl (C=O) groups is 2. The Morgan fingerprint density at radius 2 is 2.20 bits per heavy atom. The van der Waals surface area contributed by atoms with Crippen LogP contribution in [0.2, 0.25) is 0 Å². The number of aromatic nitrogens is 1. The number of oxazole rings is 1. The molecule has 2 aromatic heterocycles. The van der Waals surface area contributed by atoms with Crippen molar-refractivity contribution in [2.24, 2.45) is 0 Å². The van der Waals surface area contributed by atoms with Crippen molar-refractivity contribution in [2.75, 3.05) is 6.61 Å².